The molecule has 1 N–H and O–H groups in total. The molecule has 0 radical (unpaired) electrons. The highest BCUT2D eigenvalue weighted by atomic mass is 35.5. The number of rotatable bonds is 3. The predicted molar refractivity (Wildman–Crippen MR) is 68.0 cm³/mol. The molecule has 1 aliphatic rings. The number of sulfonamides is 1. The van der Waals surface area contributed by atoms with Crippen molar-refractivity contribution in [2.45, 2.75) is 24.3 Å². The molecule has 1 unspecified atom stereocenters. The summed E-state index contributed by atoms with van der Waals surface area (Å²) >= 11 is 5.53. The number of carbonyl (C=O) groups is 1. The molecule has 1 aromatic heterocycles. The van der Waals surface area contributed by atoms with Crippen molar-refractivity contribution in [3.63, 3.8) is 0 Å². The maximum atomic E-state index is 12.4. The summed E-state index contributed by atoms with van der Waals surface area (Å²) in [5.41, 5.74) is 0. The molecule has 0 saturated carbocycles. The second-order valence-corrected chi connectivity index (χ2v) is 6.25. The summed E-state index contributed by atoms with van der Waals surface area (Å²) in [6.07, 6.45) is 2.69. The number of nitrogens with zero attached hydrogens (tertiary/aromatic N) is 3. The Morgan fingerprint density at radius 2 is 2.11 bits per heavy atom. The van der Waals surface area contributed by atoms with Crippen molar-refractivity contribution < 1.29 is 13.2 Å². The summed E-state index contributed by atoms with van der Waals surface area (Å²) in [5.74, 6) is -0.285. The Labute approximate surface area is 116 Å². The van der Waals surface area contributed by atoms with Crippen molar-refractivity contribution in [3.05, 3.63) is 17.7 Å². The van der Waals surface area contributed by atoms with E-state index in [-0.39, 0.29) is 22.6 Å². The number of piperazine rings is 1. The van der Waals surface area contributed by atoms with E-state index in [2.05, 4.69) is 15.3 Å². The molecule has 2 rings (SSSR count). The fourth-order valence-corrected chi connectivity index (χ4v) is 3.59. The van der Waals surface area contributed by atoms with Gasteiger partial charge >= 0.3 is 0 Å². The van der Waals surface area contributed by atoms with E-state index in [0.29, 0.717) is 13.0 Å². The van der Waals surface area contributed by atoms with Gasteiger partial charge in [0.25, 0.3) is 0 Å². The Morgan fingerprint density at radius 3 is 2.68 bits per heavy atom. The maximum Gasteiger partial charge on any atom is 0.246 e. The summed E-state index contributed by atoms with van der Waals surface area (Å²) in [6, 6.07) is -0.700. The van der Waals surface area contributed by atoms with E-state index in [0.717, 1.165) is 12.4 Å². The van der Waals surface area contributed by atoms with Gasteiger partial charge in [-0.15, -0.1) is 0 Å². The van der Waals surface area contributed by atoms with Gasteiger partial charge in [-0.05, 0) is 18.0 Å². The molecule has 1 aliphatic heterocycles. The monoisotopic (exact) mass is 304 g/mol. The number of nitrogens with one attached hydrogen (secondary N) is 1. The van der Waals surface area contributed by atoms with Crippen LogP contribution in [0.5, 0.6) is 0 Å². The Morgan fingerprint density at radius 1 is 1.47 bits per heavy atom. The fraction of sp³-hybridized carbons (Fsp3) is 0.500. The second kappa shape index (κ2) is 5.40. The van der Waals surface area contributed by atoms with Gasteiger partial charge < -0.3 is 5.32 Å². The van der Waals surface area contributed by atoms with Gasteiger partial charge in [0.15, 0.2) is 0 Å². The van der Waals surface area contributed by atoms with Gasteiger partial charge in [0.1, 0.15) is 10.9 Å². The molecule has 1 aromatic rings. The average molecular weight is 305 g/mol. The van der Waals surface area contributed by atoms with Gasteiger partial charge in [0.05, 0.1) is 12.4 Å². The maximum absolute atomic E-state index is 12.4. The topological polar surface area (TPSA) is 92.3 Å². The average Bonchev–Trinajstić information content (AvgIpc) is 2.39. The minimum Gasteiger partial charge on any atom is -0.353 e. The van der Waals surface area contributed by atoms with E-state index in [9.17, 15) is 13.2 Å². The van der Waals surface area contributed by atoms with E-state index < -0.39 is 16.1 Å². The zero-order valence-electron chi connectivity index (χ0n) is 10.2. The number of carbonyl (C=O) groups excluding carboxylic acids is 1. The van der Waals surface area contributed by atoms with Gasteiger partial charge in [-0.2, -0.15) is 4.31 Å². The summed E-state index contributed by atoms with van der Waals surface area (Å²) in [7, 11) is -3.78. The molecule has 9 heteroatoms. The van der Waals surface area contributed by atoms with E-state index >= 15 is 0 Å². The zero-order chi connectivity index (χ0) is 14.0. The molecule has 0 aromatic carbocycles. The van der Waals surface area contributed by atoms with Crippen LogP contribution in [0.4, 0.5) is 0 Å². The zero-order valence-corrected chi connectivity index (χ0v) is 11.8. The van der Waals surface area contributed by atoms with Gasteiger partial charge in [-0.3, -0.25) is 4.79 Å². The SMILES string of the molecule is CCC1C(=O)NCCN1S(=O)(=O)c1cnc(Cl)nc1. The normalized spacial score (nSPS) is 21.2. The third-order valence-electron chi connectivity index (χ3n) is 2.87. The molecule has 0 bridgehead atoms. The fourth-order valence-electron chi connectivity index (χ4n) is 1.94. The third-order valence-corrected chi connectivity index (χ3v) is 4.93. The second-order valence-electron chi connectivity index (χ2n) is 4.02. The van der Waals surface area contributed by atoms with Crippen molar-refractivity contribution in [1.82, 2.24) is 19.6 Å². The van der Waals surface area contributed by atoms with Crippen LogP contribution in [0.1, 0.15) is 13.3 Å². The summed E-state index contributed by atoms with van der Waals surface area (Å²) in [5, 5.41) is 2.62. The Bertz CT molecular complexity index is 575. The first-order chi connectivity index (χ1) is 8.96. The van der Waals surface area contributed by atoms with Crippen molar-refractivity contribution in [3.8, 4) is 0 Å². The van der Waals surface area contributed by atoms with Crippen LogP contribution in [-0.2, 0) is 14.8 Å². The Balaban J connectivity index is 2.37. The van der Waals surface area contributed by atoms with Crippen LogP contribution in [0.15, 0.2) is 17.3 Å². The van der Waals surface area contributed by atoms with Crippen LogP contribution in [0, 0.1) is 0 Å². The van der Waals surface area contributed by atoms with Crippen LogP contribution in [0.2, 0.25) is 5.28 Å². The first kappa shape index (κ1) is 14.2. The summed E-state index contributed by atoms with van der Waals surface area (Å²) in [6.45, 7) is 2.29. The summed E-state index contributed by atoms with van der Waals surface area (Å²) < 4.78 is 26.1. The largest absolute Gasteiger partial charge is 0.353 e. The van der Waals surface area contributed by atoms with E-state index in [4.69, 9.17) is 11.6 Å². The standard InChI is InChI=1S/C10H13ClN4O3S/c1-2-8-9(16)12-3-4-15(8)19(17,18)7-5-13-10(11)14-6-7/h5-6,8H,2-4H2,1H3,(H,12,16). The molecule has 1 amide bonds. The first-order valence-electron chi connectivity index (χ1n) is 5.74. The number of hydrogen-bond donors (Lipinski definition) is 1. The molecule has 19 heavy (non-hydrogen) atoms. The van der Waals surface area contributed by atoms with Gasteiger partial charge in [-0.1, -0.05) is 6.92 Å². The van der Waals surface area contributed by atoms with E-state index in [1.54, 1.807) is 6.92 Å². The van der Waals surface area contributed by atoms with Crippen LogP contribution in [0.3, 0.4) is 0 Å². The highest BCUT2D eigenvalue weighted by molar-refractivity contribution is 7.89. The van der Waals surface area contributed by atoms with Crippen LogP contribution >= 0.6 is 11.6 Å². The van der Waals surface area contributed by atoms with Gasteiger partial charge in [0, 0.05) is 13.1 Å². The lowest BCUT2D eigenvalue weighted by Crippen LogP contribution is -2.56. The van der Waals surface area contributed by atoms with Crippen molar-refractivity contribution in [1.29, 1.82) is 0 Å². The van der Waals surface area contributed by atoms with Gasteiger partial charge in [-0.25, -0.2) is 18.4 Å². The molecule has 7 nitrogen and oxygen atoms in total. The molecular weight excluding hydrogens is 292 g/mol. The number of amides is 1. The quantitative estimate of drug-likeness (QED) is 0.795. The highest BCUT2D eigenvalue weighted by Gasteiger charge is 2.37. The lowest BCUT2D eigenvalue weighted by Gasteiger charge is -2.33. The summed E-state index contributed by atoms with van der Waals surface area (Å²) in [4.78, 5) is 18.9. The minimum absolute atomic E-state index is 0.0256. The molecular formula is C10H13ClN4O3S. The molecule has 0 aliphatic carbocycles. The molecule has 1 saturated heterocycles. The Hall–Kier alpha value is -1.25. The third kappa shape index (κ3) is 2.70. The smallest absolute Gasteiger partial charge is 0.246 e. The molecule has 2 heterocycles. The molecule has 1 atom stereocenters. The number of halogens is 1. The van der Waals surface area contributed by atoms with Crippen molar-refractivity contribution in [2.75, 3.05) is 13.1 Å². The Kier molecular flexibility index (Phi) is 4.02. The van der Waals surface area contributed by atoms with E-state index in [1.807, 2.05) is 0 Å². The van der Waals surface area contributed by atoms with Crippen LogP contribution < -0.4 is 5.32 Å². The van der Waals surface area contributed by atoms with Gasteiger partial charge in [0.2, 0.25) is 21.2 Å². The molecule has 0 spiro atoms. The lowest BCUT2D eigenvalue weighted by molar-refractivity contribution is -0.126. The van der Waals surface area contributed by atoms with Crippen LogP contribution in [0.25, 0.3) is 0 Å². The lowest BCUT2D eigenvalue weighted by atomic mass is 10.2. The minimum atomic E-state index is -3.78. The first-order valence-corrected chi connectivity index (χ1v) is 7.55. The number of aromatic nitrogens is 2. The number of hydrogen-bond acceptors (Lipinski definition) is 5. The highest BCUT2D eigenvalue weighted by Crippen LogP contribution is 2.20. The predicted octanol–water partition coefficient (Wildman–Crippen LogP) is 0.0291. The van der Waals surface area contributed by atoms with Crippen molar-refractivity contribution >= 4 is 27.5 Å². The molecule has 1 fully saturated rings. The van der Waals surface area contributed by atoms with Crippen molar-refractivity contribution in [2.24, 2.45) is 0 Å². The molecule has 104 valence electrons. The van der Waals surface area contributed by atoms with E-state index in [1.165, 1.54) is 4.31 Å². The van der Waals surface area contributed by atoms with Crippen LogP contribution in [-0.4, -0.2) is 47.7 Å².